The maximum atomic E-state index is 13.2. The van der Waals surface area contributed by atoms with Crippen molar-refractivity contribution in [3.05, 3.63) is 76.8 Å². The van der Waals surface area contributed by atoms with Crippen LogP contribution >= 0.6 is 11.6 Å². The maximum Gasteiger partial charge on any atom is 0.325 e. The van der Waals surface area contributed by atoms with Crippen molar-refractivity contribution in [1.82, 2.24) is 15.5 Å². The first-order valence-corrected chi connectivity index (χ1v) is 10.9. The monoisotopic (exact) mass is 465 g/mol. The van der Waals surface area contributed by atoms with Crippen molar-refractivity contribution in [2.45, 2.75) is 18.9 Å². The van der Waals surface area contributed by atoms with Gasteiger partial charge < -0.3 is 15.4 Å². The van der Waals surface area contributed by atoms with E-state index >= 15 is 0 Å². The van der Waals surface area contributed by atoms with Crippen LogP contribution in [0, 0.1) is 0 Å². The van der Waals surface area contributed by atoms with Gasteiger partial charge in [-0.25, -0.2) is 4.79 Å². The second-order valence-electron chi connectivity index (χ2n) is 8.10. The number of hydrogen-bond acceptors (Lipinski definition) is 4. The Bertz CT molecular complexity index is 1230. The summed E-state index contributed by atoms with van der Waals surface area (Å²) in [7, 11) is 1.60. The molecule has 0 aliphatic carbocycles. The third-order valence-corrected chi connectivity index (χ3v) is 6.10. The zero-order valence-electron chi connectivity index (χ0n) is 18.4. The molecule has 7 nitrogen and oxygen atoms in total. The van der Waals surface area contributed by atoms with Crippen LogP contribution in [0.3, 0.4) is 0 Å². The van der Waals surface area contributed by atoms with Gasteiger partial charge in [-0.2, -0.15) is 0 Å². The number of amides is 4. The van der Waals surface area contributed by atoms with Crippen molar-refractivity contribution in [3.8, 4) is 5.75 Å². The molecule has 1 fully saturated rings. The van der Waals surface area contributed by atoms with Crippen LogP contribution in [0.15, 0.2) is 60.7 Å². The Hall–Kier alpha value is -3.58. The Balaban J connectivity index is 1.42. The van der Waals surface area contributed by atoms with E-state index in [1.807, 2.05) is 42.5 Å². The van der Waals surface area contributed by atoms with E-state index in [0.717, 1.165) is 27.0 Å². The first-order valence-electron chi connectivity index (χ1n) is 10.5. The first-order chi connectivity index (χ1) is 15.8. The number of methoxy groups -OCH3 is 1. The Morgan fingerprint density at radius 3 is 2.48 bits per heavy atom. The summed E-state index contributed by atoms with van der Waals surface area (Å²) >= 11 is 5.88. The van der Waals surface area contributed by atoms with Gasteiger partial charge >= 0.3 is 6.03 Å². The molecule has 33 heavy (non-hydrogen) atoms. The van der Waals surface area contributed by atoms with Gasteiger partial charge in [-0.1, -0.05) is 41.9 Å². The lowest BCUT2D eigenvalue weighted by atomic mass is 9.90. The fraction of sp³-hybridized carbons (Fsp3) is 0.240. The number of urea groups is 1. The predicted octanol–water partition coefficient (Wildman–Crippen LogP) is 3.63. The quantitative estimate of drug-likeness (QED) is 0.521. The van der Waals surface area contributed by atoms with Crippen molar-refractivity contribution in [3.63, 3.8) is 0 Å². The molecule has 0 saturated carbocycles. The summed E-state index contributed by atoms with van der Waals surface area (Å²) in [5.41, 5.74) is 0.412. The number of halogens is 1. The molecule has 1 aliphatic heterocycles. The minimum absolute atomic E-state index is 0.342. The number of carbonyl (C=O) groups is 3. The molecule has 0 spiro atoms. The van der Waals surface area contributed by atoms with Gasteiger partial charge in [0.1, 0.15) is 17.8 Å². The maximum absolute atomic E-state index is 13.2. The number of fused-ring (bicyclic) bond motifs is 1. The number of carbonyl (C=O) groups excluding carboxylic acids is 3. The highest BCUT2D eigenvalue weighted by atomic mass is 35.5. The van der Waals surface area contributed by atoms with Gasteiger partial charge in [-0.15, -0.1) is 0 Å². The highest BCUT2D eigenvalue weighted by Crippen LogP contribution is 2.32. The number of nitrogens with zero attached hydrogens (tertiary/aromatic N) is 1. The van der Waals surface area contributed by atoms with Gasteiger partial charge in [0.05, 0.1) is 7.11 Å². The molecule has 0 aromatic heterocycles. The van der Waals surface area contributed by atoms with Crippen molar-refractivity contribution < 1.29 is 19.1 Å². The lowest BCUT2D eigenvalue weighted by Crippen LogP contribution is -2.43. The molecule has 1 aliphatic rings. The average molecular weight is 466 g/mol. The number of imide groups is 1. The van der Waals surface area contributed by atoms with Crippen LogP contribution in [0.1, 0.15) is 18.1 Å². The van der Waals surface area contributed by atoms with Crippen LogP contribution in [0.25, 0.3) is 10.8 Å². The Morgan fingerprint density at radius 1 is 1.06 bits per heavy atom. The number of nitrogens with one attached hydrogen (secondary N) is 2. The van der Waals surface area contributed by atoms with Gasteiger partial charge in [0.25, 0.3) is 5.91 Å². The first kappa shape index (κ1) is 22.6. The number of ether oxygens (including phenoxy) is 1. The molecule has 0 radical (unpaired) electrons. The molecule has 1 heterocycles. The Morgan fingerprint density at radius 2 is 1.76 bits per heavy atom. The standard InChI is InChI=1S/C25H24ClN3O4/c1-25(19-7-5-18-14-21(33-2)10-6-17(18)13-19)23(31)29(24(32)28-25)15-22(30)27-12-11-16-3-8-20(26)9-4-16/h3-10,13-14H,11-12,15H2,1-2H3,(H,27,30)(H,28,32)/t25-/m0/s1. The lowest BCUT2D eigenvalue weighted by molar-refractivity contribution is -0.134. The van der Waals surface area contributed by atoms with Crippen molar-refractivity contribution >= 4 is 40.2 Å². The van der Waals surface area contributed by atoms with Gasteiger partial charge in [0.2, 0.25) is 5.91 Å². The van der Waals surface area contributed by atoms with E-state index in [-0.39, 0.29) is 6.54 Å². The van der Waals surface area contributed by atoms with Crippen LogP contribution in [-0.4, -0.2) is 42.9 Å². The summed E-state index contributed by atoms with van der Waals surface area (Å²) in [6.07, 6.45) is 0.614. The van der Waals surface area contributed by atoms with Gasteiger partial charge in [-0.3, -0.25) is 14.5 Å². The molecule has 1 atom stereocenters. The summed E-state index contributed by atoms with van der Waals surface area (Å²) in [6.45, 7) is 1.69. The van der Waals surface area contributed by atoms with Crippen LogP contribution in [0.5, 0.6) is 5.75 Å². The summed E-state index contributed by atoms with van der Waals surface area (Å²) in [5.74, 6) is -0.129. The summed E-state index contributed by atoms with van der Waals surface area (Å²) < 4.78 is 5.25. The highest BCUT2D eigenvalue weighted by Gasteiger charge is 2.49. The second kappa shape index (κ2) is 9.11. The van der Waals surface area contributed by atoms with Gasteiger partial charge in [0.15, 0.2) is 0 Å². The predicted molar refractivity (Wildman–Crippen MR) is 126 cm³/mol. The number of hydrogen-bond donors (Lipinski definition) is 2. The Labute approximate surface area is 196 Å². The molecule has 1 saturated heterocycles. The van der Waals surface area contributed by atoms with E-state index in [4.69, 9.17) is 16.3 Å². The van der Waals surface area contributed by atoms with Gasteiger partial charge in [0, 0.05) is 11.6 Å². The highest BCUT2D eigenvalue weighted by molar-refractivity contribution is 6.30. The average Bonchev–Trinajstić information content (AvgIpc) is 3.03. The zero-order valence-corrected chi connectivity index (χ0v) is 19.1. The fourth-order valence-electron chi connectivity index (χ4n) is 3.89. The normalized spacial score (nSPS) is 17.8. The van der Waals surface area contributed by atoms with E-state index in [9.17, 15) is 14.4 Å². The summed E-state index contributed by atoms with van der Waals surface area (Å²) in [6, 6.07) is 17.9. The zero-order chi connectivity index (χ0) is 23.6. The molecular weight excluding hydrogens is 442 g/mol. The minimum Gasteiger partial charge on any atom is -0.497 e. The third kappa shape index (κ3) is 4.64. The molecule has 3 aromatic carbocycles. The van der Waals surface area contributed by atoms with Crippen molar-refractivity contribution in [2.24, 2.45) is 0 Å². The fourth-order valence-corrected chi connectivity index (χ4v) is 4.02. The minimum atomic E-state index is -1.26. The number of benzene rings is 3. The van der Waals surface area contributed by atoms with E-state index in [2.05, 4.69) is 10.6 Å². The van der Waals surface area contributed by atoms with Crippen LogP contribution < -0.4 is 15.4 Å². The molecule has 0 unspecified atom stereocenters. The van der Waals surface area contributed by atoms with Crippen LogP contribution in [0.2, 0.25) is 5.02 Å². The molecule has 4 rings (SSSR count). The lowest BCUT2D eigenvalue weighted by Gasteiger charge is -2.22. The molecule has 4 amide bonds. The van der Waals surface area contributed by atoms with Crippen molar-refractivity contribution in [1.29, 1.82) is 0 Å². The third-order valence-electron chi connectivity index (χ3n) is 5.85. The number of rotatable bonds is 7. The molecular formula is C25H24ClN3O4. The smallest absolute Gasteiger partial charge is 0.325 e. The SMILES string of the molecule is COc1ccc2cc([C@]3(C)NC(=O)N(CC(=O)NCCc4ccc(Cl)cc4)C3=O)ccc2c1. The van der Waals surface area contributed by atoms with E-state index in [1.165, 1.54) is 0 Å². The van der Waals surface area contributed by atoms with Gasteiger partial charge in [-0.05, 0) is 65.6 Å². The summed E-state index contributed by atoms with van der Waals surface area (Å²) in [4.78, 5) is 39.1. The van der Waals surface area contributed by atoms with Crippen molar-refractivity contribution in [2.75, 3.05) is 20.2 Å². The molecule has 3 aromatic rings. The molecule has 0 bridgehead atoms. The Kier molecular flexibility index (Phi) is 6.24. The van der Waals surface area contributed by atoms with Crippen LogP contribution in [-0.2, 0) is 21.5 Å². The molecule has 8 heteroatoms. The molecule has 2 N–H and O–H groups in total. The summed E-state index contributed by atoms with van der Waals surface area (Å²) in [5, 5.41) is 8.02. The topological polar surface area (TPSA) is 87.7 Å². The largest absolute Gasteiger partial charge is 0.497 e. The second-order valence-corrected chi connectivity index (χ2v) is 8.54. The molecule has 170 valence electrons. The van der Waals surface area contributed by atoms with E-state index in [0.29, 0.717) is 23.6 Å². The van der Waals surface area contributed by atoms with E-state index < -0.39 is 23.4 Å². The van der Waals surface area contributed by atoms with Crippen LogP contribution in [0.4, 0.5) is 4.79 Å². The van der Waals surface area contributed by atoms with E-state index in [1.54, 1.807) is 32.2 Å².